The highest BCUT2D eigenvalue weighted by atomic mass is 35.5. The predicted molar refractivity (Wildman–Crippen MR) is 160 cm³/mol. The summed E-state index contributed by atoms with van der Waals surface area (Å²) in [4.78, 5) is 8.70. The molecule has 1 unspecified atom stereocenters. The number of benzene rings is 2. The van der Waals surface area contributed by atoms with Gasteiger partial charge < -0.3 is 18.5 Å². The molecule has 0 amide bonds. The van der Waals surface area contributed by atoms with Crippen LogP contribution in [0.1, 0.15) is 40.0 Å². The first-order chi connectivity index (χ1) is 18.6. The van der Waals surface area contributed by atoms with Gasteiger partial charge in [0.2, 0.25) is 0 Å². The summed E-state index contributed by atoms with van der Waals surface area (Å²) in [6.07, 6.45) is 3.27. The van der Waals surface area contributed by atoms with Gasteiger partial charge in [-0.15, -0.1) is 11.8 Å². The highest BCUT2D eigenvalue weighted by Crippen LogP contribution is 2.52. The van der Waals surface area contributed by atoms with E-state index in [9.17, 15) is 0 Å². The van der Waals surface area contributed by atoms with Crippen LogP contribution in [0, 0.1) is 0 Å². The first-order valence-electron chi connectivity index (χ1n) is 13.3. The Morgan fingerprint density at radius 2 is 1.56 bits per heavy atom. The van der Waals surface area contributed by atoms with Crippen molar-refractivity contribution in [3.8, 4) is 0 Å². The predicted octanol–water partition coefficient (Wildman–Crippen LogP) is 5.80. The van der Waals surface area contributed by atoms with E-state index in [0.717, 1.165) is 11.0 Å². The van der Waals surface area contributed by atoms with E-state index in [1.807, 2.05) is 37.9 Å². The number of thioether (sulfide) groups is 1. The first kappa shape index (κ1) is 27.0. The lowest BCUT2D eigenvalue weighted by atomic mass is 10.1. The van der Waals surface area contributed by atoms with Gasteiger partial charge in [0.15, 0.2) is 5.79 Å². The number of hydrogen-bond acceptors (Lipinski definition) is 6. The number of ether oxygens (including phenoxy) is 2. The van der Waals surface area contributed by atoms with Crippen LogP contribution in [-0.4, -0.2) is 52.7 Å². The third-order valence-electron chi connectivity index (χ3n) is 7.74. The van der Waals surface area contributed by atoms with E-state index in [2.05, 4.69) is 96.0 Å². The van der Waals surface area contributed by atoms with Gasteiger partial charge in [-0.2, -0.15) is 0 Å². The molecule has 204 valence electrons. The molecule has 6 rings (SSSR count). The molecule has 39 heavy (non-hydrogen) atoms. The molecule has 0 aliphatic carbocycles. The lowest BCUT2D eigenvalue weighted by Crippen LogP contribution is -2.67. The van der Waals surface area contributed by atoms with Crippen molar-refractivity contribution in [2.75, 3.05) is 6.61 Å². The topological polar surface area (TPSA) is 58.4 Å². The Morgan fingerprint density at radius 3 is 2.18 bits per heavy atom. The Kier molecular flexibility index (Phi) is 6.93. The fourth-order valence-electron chi connectivity index (χ4n) is 6.13. The number of fused-ring (bicyclic) bond motifs is 2. The van der Waals surface area contributed by atoms with Crippen LogP contribution < -0.4 is 10.4 Å². The van der Waals surface area contributed by atoms with Crippen molar-refractivity contribution in [1.29, 1.82) is 0 Å². The normalized spacial score (nSPS) is 24.8. The Labute approximate surface area is 240 Å². The van der Waals surface area contributed by atoms with Gasteiger partial charge in [-0.05, 0) is 35.3 Å². The summed E-state index contributed by atoms with van der Waals surface area (Å²) in [5.41, 5.74) is 0.799. The van der Waals surface area contributed by atoms with Crippen LogP contribution in [0.15, 0.2) is 79.3 Å². The lowest BCUT2D eigenvalue weighted by molar-refractivity contribution is -0.149. The summed E-state index contributed by atoms with van der Waals surface area (Å²) >= 11 is 8.21. The van der Waals surface area contributed by atoms with Crippen LogP contribution in [-0.2, 0) is 13.9 Å². The summed E-state index contributed by atoms with van der Waals surface area (Å²) in [6, 6.07) is 23.5. The zero-order chi connectivity index (χ0) is 27.4. The van der Waals surface area contributed by atoms with Crippen molar-refractivity contribution >= 4 is 53.1 Å². The highest BCUT2D eigenvalue weighted by Gasteiger charge is 2.57. The summed E-state index contributed by atoms with van der Waals surface area (Å²) in [5.74, 6) is -0.681. The second kappa shape index (κ2) is 10.0. The van der Waals surface area contributed by atoms with Crippen molar-refractivity contribution in [3.63, 3.8) is 0 Å². The SMILES string of the molecule is CC1(C)O[C@@H]2[C@@H](CO[Si](c3ccccc3)(c3ccccc3)C(C)(C)C)SC(n3ccc4c(Cl)ncnc43)[C@@H]2O1. The number of aromatic nitrogens is 3. The number of halogens is 1. The molecule has 2 aromatic heterocycles. The maximum atomic E-state index is 7.33. The van der Waals surface area contributed by atoms with Gasteiger partial charge in [-0.3, -0.25) is 0 Å². The molecule has 2 aliphatic rings. The molecule has 2 saturated heterocycles. The van der Waals surface area contributed by atoms with Gasteiger partial charge in [0.25, 0.3) is 8.32 Å². The molecule has 0 bridgehead atoms. The zero-order valence-corrected chi connectivity index (χ0v) is 25.4. The van der Waals surface area contributed by atoms with E-state index in [1.165, 1.54) is 16.7 Å². The third kappa shape index (κ3) is 4.65. The van der Waals surface area contributed by atoms with Gasteiger partial charge in [0.1, 0.15) is 34.7 Å². The minimum atomic E-state index is -2.69. The molecule has 4 aromatic rings. The second-order valence-corrected chi connectivity index (χ2v) is 17.8. The number of nitrogens with zero attached hydrogens (tertiary/aromatic N) is 3. The van der Waals surface area contributed by atoms with Gasteiger partial charge >= 0.3 is 0 Å². The molecule has 2 aliphatic heterocycles. The molecule has 2 aromatic carbocycles. The summed E-state index contributed by atoms with van der Waals surface area (Å²) in [5, 5.41) is 3.76. The Hall–Kier alpha value is -2.20. The van der Waals surface area contributed by atoms with Gasteiger partial charge in [-0.25, -0.2) is 9.97 Å². The highest BCUT2D eigenvalue weighted by molar-refractivity contribution is 8.00. The first-order valence-corrected chi connectivity index (χ1v) is 16.6. The molecular formula is C30H34ClN3O3SSi. The Morgan fingerprint density at radius 1 is 0.949 bits per heavy atom. The van der Waals surface area contributed by atoms with Crippen molar-refractivity contribution in [2.24, 2.45) is 0 Å². The quantitative estimate of drug-likeness (QED) is 0.213. The van der Waals surface area contributed by atoms with E-state index < -0.39 is 14.1 Å². The smallest absolute Gasteiger partial charge is 0.261 e. The summed E-state index contributed by atoms with van der Waals surface area (Å²) in [6.45, 7) is 11.4. The molecule has 0 spiro atoms. The van der Waals surface area contributed by atoms with Crippen LogP contribution in [0.25, 0.3) is 11.0 Å². The number of rotatable bonds is 6. The average molecular weight is 580 g/mol. The molecule has 4 atom stereocenters. The third-order valence-corrected chi connectivity index (χ3v) is 14.6. The van der Waals surface area contributed by atoms with Gasteiger partial charge in [-0.1, -0.05) is 93.0 Å². The Bertz CT molecular complexity index is 1420. The van der Waals surface area contributed by atoms with E-state index in [1.54, 1.807) is 0 Å². The molecule has 4 heterocycles. The largest absolute Gasteiger partial charge is 0.406 e. The molecule has 0 radical (unpaired) electrons. The lowest BCUT2D eigenvalue weighted by Gasteiger charge is -2.43. The minimum Gasteiger partial charge on any atom is -0.406 e. The average Bonchev–Trinajstić information content (AvgIpc) is 3.56. The maximum Gasteiger partial charge on any atom is 0.261 e. The van der Waals surface area contributed by atoms with E-state index in [0.29, 0.717) is 11.8 Å². The number of hydrogen-bond donors (Lipinski definition) is 0. The van der Waals surface area contributed by atoms with E-state index in [4.69, 9.17) is 25.5 Å². The molecule has 2 fully saturated rings. The monoisotopic (exact) mass is 579 g/mol. The van der Waals surface area contributed by atoms with Crippen LogP contribution in [0.3, 0.4) is 0 Å². The van der Waals surface area contributed by atoms with Crippen molar-refractivity contribution < 1.29 is 13.9 Å². The van der Waals surface area contributed by atoms with Gasteiger partial charge in [0.05, 0.1) is 10.6 Å². The van der Waals surface area contributed by atoms with Crippen LogP contribution in [0.5, 0.6) is 0 Å². The van der Waals surface area contributed by atoms with Crippen molar-refractivity contribution in [1.82, 2.24) is 14.5 Å². The molecule has 6 nitrogen and oxygen atoms in total. The van der Waals surface area contributed by atoms with Crippen LogP contribution >= 0.6 is 23.4 Å². The standard InChI is InChI=1S/C30H34ClN3O3SSi/c1-29(2,3)39(20-12-8-6-9-13-20,21-14-10-7-11-15-21)35-18-23-24-25(37-30(4,5)36-24)28(38-23)34-17-16-22-26(31)32-19-33-27(22)34/h6-17,19,23-25,28H,18H2,1-5H3/t23-,24-,25-,28?/m1/s1. The minimum absolute atomic E-state index is 0.0343. The summed E-state index contributed by atoms with van der Waals surface area (Å²) in [7, 11) is -2.69. The maximum absolute atomic E-state index is 7.33. The van der Waals surface area contributed by atoms with Crippen LogP contribution in [0.4, 0.5) is 0 Å². The fourth-order valence-corrected chi connectivity index (χ4v) is 12.6. The second-order valence-electron chi connectivity index (χ2n) is 11.7. The molecule has 0 N–H and O–H groups in total. The summed E-state index contributed by atoms with van der Waals surface area (Å²) < 4.78 is 22.5. The Balaban J connectivity index is 1.38. The fraction of sp³-hybridized carbons (Fsp3) is 0.400. The molecule has 0 saturated carbocycles. The zero-order valence-electron chi connectivity index (χ0n) is 22.9. The van der Waals surface area contributed by atoms with Crippen LogP contribution in [0.2, 0.25) is 10.2 Å². The molecular weight excluding hydrogens is 546 g/mol. The van der Waals surface area contributed by atoms with E-state index in [-0.39, 0.29) is 27.9 Å². The molecule has 9 heteroatoms. The van der Waals surface area contributed by atoms with Gasteiger partial charge in [0, 0.05) is 12.8 Å². The van der Waals surface area contributed by atoms with Crippen molar-refractivity contribution in [3.05, 3.63) is 84.4 Å². The van der Waals surface area contributed by atoms with Crippen molar-refractivity contribution in [2.45, 2.75) is 68.3 Å². The van der Waals surface area contributed by atoms with E-state index >= 15 is 0 Å².